The first-order valence-electron chi connectivity index (χ1n) is 6.26. The lowest BCUT2D eigenvalue weighted by molar-refractivity contribution is 0.0828. The van der Waals surface area contributed by atoms with Crippen LogP contribution in [0.3, 0.4) is 0 Å². The largest absolute Gasteiger partial charge is 0.376 e. The molecule has 20 heavy (non-hydrogen) atoms. The number of nitrogens with one attached hydrogen (secondary N) is 2. The highest BCUT2D eigenvalue weighted by Gasteiger charge is 2.16. The molecule has 0 fully saturated rings. The van der Waals surface area contributed by atoms with Crippen molar-refractivity contribution in [2.75, 3.05) is 19.4 Å². The van der Waals surface area contributed by atoms with Gasteiger partial charge in [0.1, 0.15) is 0 Å². The summed E-state index contributed by atoms with van der Waals surface area (Å²) < 4.78 is 0. The highest BCUT2D eigenvalue weighted by molar-refractivity contribution is 6.31. The van der Waals surface area contributed by atoms with E-state index in [9.17, 15) is 4.79 Å². The van der Waals surface area contributed by atoms with Crippen LogP contribution in [0.4, 0.5) is 5.69 Å². The fourth-order valence-corrected chi connectivity index (χ4v) is 2.05. The number of nitrogens with zero attached hydrogens (tertiary/aromatic N) is 2. The molecular formula is C14H17ClN4O. The van der Waals surface area contributed by atoms with E-state index in [-0.39, 0.29) is 11.9 Å². The van der Waals surface area contributed by atoms with Gasteiger partial charge < -0.3 is 10.2 Å². The third-order valence-electron chi connectivity index (χ3n) is 2.98. The molecular weight excluding hydrogens is 276 g/mol. The summed E-state index contributed by atoms with van der Waals surface area (Å²) in [6, 6.07) is 7.07. The van der Waals surface area contributed by atoms with Crippen LogP contribution in [0.1, 0.15) is 29.0 Å². The fraction of sp³-hybridized carbons (Fsp3) is 0.286. The summed E-state index contributed by atoms with van der Waals surface area (Å²) in [6.07, 6.45) is 1.69. The molecule has 0 radical (unpaired) electrons. The maximum atomic E-state index is 12.2. The molecule has 1 amide bonds. The summed E-state index contributed by atoms with van der Waals surface area (Å²) in [5, 5.41) is 10.7. The molecule has 1 aromatic heterocycles. The molecule has 1 heterocycles. The van der Waals surface area contributed by atoms with E-state index in [0.29, 0.717) is 16.3 Å². The third kappa shape index (κ3) is 3.11. The normalized spacial score (nSPS) is 12.0. The molecule has 5 nitrogen and oxygen atoms in total. The van der Waals surface area contributed by atoms with Crippen molar-refractivity contribution in [3.05, 3.63) is 46.7 Å². The monoisotopic (exact) mass is 292 g/mol. The molecule has 0 aliphatic rings. The van der Waals surface area contributed by atoms with Gasteiger partial charge in [-0.05, 0) is 31.2 Å². The molecule has 0 aliphatic heterocycles. The van der Waals surface area contributed by atoms with Crippen molar-refractivity contribution >= 4 is 23.2 Å². The zero-order valence-electron chi connectivity index (χ0n) is 11.6. The number of anilines is 1. The Bertz CT molecular complexity index is 595. The van der Waals surface area contributed by atoms with Gasteiger partial charge >= 0.3 is 0 Å². The van der Waals surface area contributed by atoms with Crippen LogP contribution in [0.5, 0.6) is 0 Å². The Kier molecular flexibility index (Phi) is 4.29. The molecule has 2 N–H and O–H groups in total. The minimum Gasteiger partial charge on any atom is -0.376 e. The smallest absolute Gasteiger partial charge is 0.255 e. The molecule has 1 aromatic carbocycles. The van der Waals surface area contributed by atoms with Gasteiger partial charge in [-0.1, -0.05) is 11.6 Å². The molecule has 0 aliphatic carbocycles. The highest BCUT2D eigenvalue weighted by Crippen LogP contribution is 2.25. The quantitative estimate of drug-likeness (QED) is 0.911. The molecule has 1 unspecified atom stereocenters. The lowest BCUT2D eigenvalue weighted by Crippen LogP contribution is -2.23. The topological polar surface area (TPSA) is 61.0 Å². The SMILES string of the molecule is CC(Nc1cc(Cl)ccc1C(=O)N(C)C)c1ccn[nH]1. The Morgan fingerprint density at radius 2 is 2.15 bits per heavy atom. The minimum absolute atomic E-state index is 0.00956. The summed E-state index contributed by atoms with van der Waals surface area (Å²) in [4.78, 5) is 13.7. The van der Waals surface area contributed by atoms with Crippen molar-refractivity contribution in [3.8, 4) is 0 Å². The van der Waals surface area contributed by atoms with Gasteiger partial charge in [0.25, 0.3) is 5.91 Å². The first-order chi connectivity index (χ1) is 9.49. The van der Waals surface area contributed by atoms with Gasteiger partial charge in [-0.15, -0.1) is 0 Å². The first-order valence-corrected chi connectivity index (χ1v) is 6.64. The number of aromatic amines is 1. The van der Waals surface area contributed by atoms with Crippen molar-refractivity contribution in [3.63, 3.8) is 0 Å². The molecule has 106 valence electrons. The Morgan fingerprint density at radius 1 is 1.40 bits per heavy atom. The fourth-order valence-electron chi connectivity index (χ4n) is 1.88. The van der Waals surface area contributed by atoms with Gasteiger partial charge in [0.05, 0.1) is 17.3 Å². The minimum atomic E-state index is -0.0685. The van der Waals surface area contributed by atoms with Crippen LogP contribution in [0, 0.1) is 0 Å². The van der Waals surface area contributed by atoms with Crippen LogP contribution in [0.15, 0.2) is 30.5 Å². The van der Waals surface area contributed by atoms with Crippen LogP contribution >= 0.6 is 11.6 Å². The molecule has 2 aromatic rings. The van der Waals surface area contributed by atoms with E-state index < -0.39 is 0 Å². The standard InChI is InChI=1S/C14H17ClN4O/c1-9(12-6-7-16-18-12)17-13-8-10(15)4-5-11(13)14(20)19(2)3/h4-9,17H,1-3H3,(H,16,18). The van der Waals surface area contributed by atoms with Gasteiger partial charge in [0, 0.05) is 31.0 Å². The van der Waals surface area contributed by atoms with Crippen LogP contribution in [-0.4, -0.2) is 35.1 Å². The zero-order valence-corrected chi connectivity index (χ0v) is 12.4. The number of hydrogen-bond donors (Lipinski definition) is 2. The second-order valence-electron chi connectivity index (χ2n) is 4.77. The third-order valence-corrected chi connectivity index (χ3v) is 3.21. The van der Waals surface area contributed by atoms with Crippen LogP contribution < -0.4 is 5.32 Å². The maximum Gasteiger partial charge on any atom is 0.255 e. The molecule has 0 saturated heterocycles. The Balaban J connectivity index is 2.30. The van der Waals surface area contributed by atoms with E-state index in [4.69, 9.17) is 11.6 Å². The first kappa shape index (κ1) is 14.4. The summed E-state index contributed by atoms with van der Waals surface area (Å²) in [5.41, 5.74) is 2.23. The predicted octanol–water partition coefficient (Wildman–Crippen LogP) is 2.94. The zero-order chi connectivity index (χ0) is 14.7. The summed E-state index contributed by atoms with van der Waals surface area (Å²) >= 11 is 6.02. The molecule has 0 bridgehead atoms. The van der Waals surface area contributed by atoms with Crippen LogP contribution in [-0.2, 0) is 0 Å². The number of hydrogen-bond acceptors (Lipinski definition) is 3. The van der Waals surface area contributed by atoms with Crippen molar-refractivity contribution in [1.82, 2.24) is 15.1 Å². The highest BCUT2D eigenvalue weighted by atomic mass is 35.5. The number of halogens is 1. The molecule has 0 saturated carbocycles. The summed E-state index contributed by atoms with van der Waals surface area (Å²) in [7, 11) is 3.44. The van der Waals surface area contributed by atoms with Crippen molar-refractivity contribution in [2.24, 2.45) is 0 Å². The van der Waals surface area contributed by atoms with Gasteiger partial charge in [-0.25, -0.2) is 0 Å². The van der Waals surface area contributed by atoms with E-state index >= 15 is 0 Å². The summed E-state index contributed by atoms with van der Waals surface area (Å²) in [5.74, 6) is -0.0685. The van der Waals surface area contributed by atoms with Crippen molar-refractivity contribution in [2.45, 2.75) is 13.0 Å². The average Bonchev–Trinajstić information content (AvgIpc) is 2.92. The average molecular weight is 293 g/mol. The predicted molar refractivity (Wildman–Crippen MR) is 80.1 cm³/mol. The number of amides is 1. The number of benzene rings is 1. The number of aromatic nitrogens is 2. The number of H-pyrrole nitrogens is 1. The number of carbonyl (C=O) groups is 1. The second-order valence-corrected chi connectivity index (χ2v) is 5.20. The molecule has 6 heteroatoms. The lowest BCUT2D eigenvalue weighted by Gasteiger charge is -2.19. The van der Waals surface area contributed by atoms with Gasteiger partial charge in [0.15, 0.2) is 0 Å². The Hall–Kier alpha value is -2.01. The summed E-state index contributed by atoms with van der Waals surface area (Å²) in [6.45, 7) is 1.98. The van der Waals surface area contributed by atoms with Gasteiger partial charge in [-0.2, -0.15) is 5.10 Å². The maximum absolute atomic E-state index is 12.2. The van der Waals surface area contributed by atoms with E-state index in [1.807, 2.05) is 13.0 Å². The van der Waals surface area contributed by atoms with Crippen molar-refractivity contribution < 1.29 is 4.79 Å². The van der Waals surface area contributed by atoms with Crippen LogP contribution in [0.2, 0.25) is 5.02 Å². The van der Waals surface area contributed by atoms with Gasteiger partial charge in [-0.3, -0.25) is 9.89 Å². The van der Waals surface area contributed by atoms with E-state index in [2.05, 4.69) is 15.5 Å². The number of carbonyl (C=O) groups excluding carboxylic acids is 1. The van der Waals surface area contributed by atoms with E-state index in [1.165, 1.54) is 4.90 Å². The molecule has 0 spiro atoms. The van der Waals surface area contributed by atoms with E-state index in [1.54, 1.807) is 38.5 Å². The Morgan fingerprint density at radius 3 is 2.75 bits per heavy atom. The van der Waals surface area contributed by atoms with Gasteiger partial charge in [0.2, 0.25) is 0 Å². The van der Waals surface area contributed by atoms with Crippen molar-refractivity contribution in [1.29, 1.82) is 0 Å². The second kappa shape index (κ2) is 5.96. The molecule has 1 atom stereocenters. The lowest BCUT2D eigenvalue weighted by atomic mass is 10.1. The number of rotatable bonds is 4. The van der Waals surface area contributed by atoms with E-state index in [0.717, 1.165) is 5.69 Å². The van der Waals surface area contributed by atoms with Crippen LogP contribution in [0.25, 0.3) is 0 Å². The Labute approximate surface area is 122 Å². The molecule has 2 rings (SSSR count).